The van der Waals surface area contributed by atoms with Gasteiger partial charge in [-0.15, -0.1) is 0 Å². The van der Waals surface area contributed by atoms with Gasteiger partial charge in [0.1, 0.15) is 0 Å². The summed E-state index contributed by atoms with van der Waals surface area (Å²) in [4.78, 5) is 0.425. The number of sulfonamides is 1. The first-order valence-electron chi connectivity index (χ1n) is 6.15. The van der Waals surface area contributed by atoms with E-state index in [2.05, 4.69) is 0 Å². The van der Waals surface area contributed by atoms with E-state index in [1.54, 1.807) is 13.1 Å². The van der Waals surface area contributed by atoms with Crippen LogP contribution in [0.5, 0.6) is 0 Å². The number of hydrogen-bond acceptors (Lipinski definition) is 2. The van der Waals surface area contributed by atoms with Crippen LogP contribution in [0.2, 0.25) is 0 Å². The van der Waals surface area contributed by atoms with Crippen molar-refractivity contribution in [2.75, 3.05) is 7.05 Å². The zero-order valence-corrected chi connectivity index (χ0v) is 11.7. The Morgan fingerprint density at radius 2 is 1.74 bits per heavy atom. The van der Waals surface area contributed by atoms with Crippen LogP contribution in [0.1, 0.15) is 22.7 Å². The molecule has 0 amide bonds. The van der Waals surface area contributed by atoms with Crippen molar-refractivity contribution in [2.24, 2.45) is 0 Å². The Morgan fingerprint density at radius 3 is 2.42 bits per heavy atom. The second-order valence-corrected chi connectivity index (χ2v) is 6.84. The van der Waals surface area contributed by atoms with Gasteiger partial charge >= 0.3 is 0 Å². The standard InChI is InChI=1S/C15H15NO2S/c1-11-8-9-14-13(10-11)15(16(2)19(14,17)18)12-6-4-3-5-7-12/h3-10,15H,1-2H3. The predicted octanol–water partition coefficient (Wildman–Crippen LogP) is 2.72. The van der Waals surface area contributed by atoms with Crippen molar-refractivity contribution in [2.45, 2.75) is 17.9 Å². The lowest BCUT2D eigenvalue weighted by Crippen LogP contribution is -2.24. The zero-order valence-electron chi connectivity index (χ0n) is 10.9. The van der Waals surface area contributed by atoms with Crippen molar-refractivity contribution >= 4 is 10.0 Å². The average molecular weight is 273 g/mol. The lowest BCUT2D eigenvalue weighted by atomic mass is 9.98. The molecule has 3 nitrogen and oxygen atoms in total. The molecule has 2 aromatic rings. The van der Waals surface area contributed by atoms with Gasteiger partial charge in [-0.25, -0.2) is 8.42 Å². The van der Waals surface area contributed by atoms with E-state index in [0.29, 0.717) is 4.90 Å². The molecule has 1 atom stereocenters. The smallest absolute Gasteiger partial charge is 0.207 e. The molecule has 1 aliphatic heterocycles. The summed E-state index contributed by atoms with van der Waals surface area (Å²) >= 11 is 0. The Morgan fingerprint density at radius 1 is 1.05 bits per heavy atom. The van der Waals surface area contributed by atoms with Gasteiger partial charge in [-0.2, -0.15) is 4.31 Å². The highest BCUT2D eigenvalue weighted by Crippen LogP contribution is 2.42. The van der Waals surface area contributed by atoms with Crippen LogP contribution < -0.4 is 0 Å². The third-order valence-electron chi connectivity index (χ3n) is 3.60. The maximum absolute atomic E-state index is 12.4. The number of hydrogen-bond donors (Lipinski definition) is 0. The van der Waals surface area contributed by atoms with E-state index in [0.717, 1.165) is 16.7 Å². The SMILES string of the molecule is Cc1ccc2c(c1)C(c1ccccc1)N(C)S2(=O)=O. The minimum Gasteiger partial charge on any atom is -0.207 e. The van der Waals surface area contributed by atoms with Crippen LogP contribution in [0.4, 0.5) is 0 Å². The van der Waals surface area contributed by atoms with E-state index in [-0.39, 0.29) is 6.04 Å². The molecule has 0 aliphatic carbocycles. The van der Waals surface area contributed by atoms with Crippen LogP contribution in [0, 0.1) is 6.92 Å². The highest BCUT2D eigenvalue weighted by atomic mass is 32.2. The molecule has 19 heavy (non-hydrogen) atoms. The topological polar surface area (TPSA) is 37.4 Å². The van der Waals surface area contributed by atoms with Crippen LogP contribution in [0.3, 0.4) is 0 Å². The van der Waals surface area contributed by atoms with Gasteiger partial charge < -0.3 is 0 Å². The fraction of sp³-hybridized carbons (Fsp3) is 0.200. The molecule has 0 bridgehead atoms. The van der Waals surface area contributed by atoms with Crippen LogP contribution in [-0.2, 0) is 10.0 Å². The van der Waals surface area contributed by atoms with E-state index < -0.39 is 10.0 Å². The van der Waals surface area contributed by atoms with Gasteiger partial charge in [0.25, 0.3) is 0 Å². The molecule has 2 aromatic carbocycles. The van der Waals surface area contributed by atoms with Gasteiger partial charge in [0.2, 0.25) is 10.0 Å². The monoisotopic (exact) mass is 273 g/mol. The molecule has 0 spiro atoms. The summed E-state index contributed by atoms with van der Waals surface area (Å²) < 4.78 is 26.3. The van der Waals surface area contributed by atoms with Crippen molar-refractivity contribution in [3.8, 4) is 0 Å². The first-order valence-corrected chi connectivity index (χ1v) is 7.59. The highest BCUT2D eigenvalue weighted by Gasteiger charge is 2.40. The Kier molecular flexibility index (Phi) is 2.73. The largest absolute Gasteiger partial charge is 0.244 e. The Bertz CT molecular complexity index is 723. The molecule has 4 heteroatoms. The molecular formula is C15H15NO2S. The van der Waals surface area contributed by atoms with Crippen molar-refractivity contribution in [1.82, 2.24) is 4.31 Å². The Balaban J connectivity index is 2.27. The zero-order chi connectivity index (χ0) is 13.6. The van der Waals surface area contributed by atoms with Gasteiger partial charge in [0, 0.05) is 7.05 Å². The lowest BCUT2D eigenvalue weighted by molar-refractivity contribution is 0.440. The average Bonchev–Trinajstić information content (AvgIpc) is 2.58. The van der Waals surface area contributed by atoms with Crippen LogP contribution in [0.15, 0.2) is 53.4 Å². The van der Waals surface area contributed by atoms with Crippen molar-refractivity contribution < 1.29 is 8.42 Å². The molecule has 1 unspecified atom stereocenters. The molecule has 0 radical (unpaired) electrons. The molecule has 0 fully saturated rings. The maximum atomic E-state index is 12.4. The summed E-state index contributed by atoms with van der Waals surface area (Å²) in [7, 11) is -1.72. The van der Waals surface area contributed by atoms with Gasteiger partial charge in [-0.3, -0.25) is 0 Å². The highest BCUT2D eigenvalue weighted by molar-refractivity contribution is 7.89. The molecule has 1 aliphatic rings. The second kappa shape index (κ2) is 4.18. The summed E-state index contributed by atoms with van der Waals surface area (Å²) in [6, 6.07) is 15.0. The van der Waals surface area contributed by atoms with E-state index in [9.17, 15) is 8.42 Å². The van der Waals surface area contributed by atoms with Gasteiger partial charge in [0.05, 0.1) is 10.9 Å². The van der Waals surface area contributed by atoms with Crippen molar-refractivity contribution in [3.63, 3.8) is 0 Å². The molecular weight excluding hydrogens is 258 g/mol. The van der Waals surface area contributed by atoms with Crippen LogP contribution in [0.25, 0.3) is 0 Å². The summed E-state index contributed by atoms with van der Waals surface area (Å²) in [5.74, 6) is 0. The first kappa shape index (κ1) is 12.4. The van der Waals surface area contributed by atoms with Crippen molar-refractivity contribution in [1.29, 1.82) is 0 Å². The number of aryl methyl sites for hydroxylation is 1. The summed E-state index contributed by atoms with van der Waals surface area (Å²) in [6.07, 6.45) is 0. The number of nitrogens with zero attached hydrogens (tertiary/aromatic N) is 1. The lowest BCUT2D eigenvalue weighted by Gasteiger charge is -2.19. The predicted molar refractivity (Wildman–Crippen MR) is 74.4 cm³/mol. The summed E-state index contributed by atoms with van der Waals surface area (Å²) in [5, 5.41) is 0. The van der Waals surface area contributed by atoms with Crippen LogP contribution in [-0.4, -0.2) is 19.8 Å². The summed E-state index contributed by atoms with van der Waals surface area (Å²) in [6.45, 7) is 1.98. The third kappa shape index (κ3) is 1.79. The Labute approximate surface area is 113 Å². The molecule has 1 heterocycles. The van der Waals surface area contributed by atoms with Gasteiger partial charge in [-0.1, -0.05) is 48.0 Å². The molecule has 0 saturated carbocycles. The molecule has 0 saturated heterocycles. The Hall–Kier alpha value is -1.65. The van der Waals surface area contributed by atoms with Crippen molar-refractivity contribution in [3.05, 3.63) is 65.2 Å². The third-order valence-corrected chi connectivity index (χ3v) is 5.49. The molecule has 3 rings (SSSR count). The quantitative estimate of drug-likeness (QED) is 0.801. The number of benzene rings is 2. The summed E-state index contributed by atoms with van der Waals surface area (Å²) in [5.41, 5.74) is 2.94. The van der Waals surface area contributed by atoms with E-state index in [4.69, 9.17) is 0 Å². The van der Waals surface area contributed by atoms with Gasteiger partial charge in [0.15, 0.2) is 0 Å². The fourth-order valence-electron chi connectivity index (χ4n) is 2.63. The number of fused-ring (bicyclic) bond motifs is 1. The van der Waals surface area contributed by atoms with E-state index >= 15 is 0 Å². The first-order chi connectivity index (χ1) is 9.01. The van der Waals surface area contributed by atoms with E-state index in [1.165, 1.54) is 4.31 Å². The normalized spacial score (nSPS) is 21.3. The minimum absolute atomic E-state index is 0.221. The van der Waals surface area contributed by atoms with Gasteiger partial charge in [-0.05, 0) is 24.1 Å². The molecule has 0 N–H and O–H groups in total. The minimum atomic E-state index is -3.37. The maximum Gasteiger partial charge on any atom is 0.244 e. The number of rotatable bonds is 1. The van der Waals surface area contributed by atoms with E-state index in [1.807, 2.05) is 49.4 Å². The second-order valence-electron chi connectivity index (χ2n) is 4.88. The molecule has 98 valence electrons. The fourth-order valence-corrected chi connectivity index (χ4v) is 4.16. The molecule has 0 aromatic heterocycles. The van der Waals surface area contributed by atoms with Crippen LogP contribution >= 0.6 is 0 Å².